The fourth-order valence-corrected chi connectivity index (χ4v) is 1.96. The molecule has 0 spiro atoms. The van der Waals surface area contributed by atoms with E-state index in [-0.39, 0.29) is 5.41 Å². The molecule has 1 unspecified atom stereocenters. The van der Waals surface area contributed by atoms with E-state index in [1.54, 1.807) is 0 Å². The Hall–Kier alpha value is -1.02. The first-order valence-corrected chi connectivity index (χ1v) is 5.53. The maximum Gasteiger partial charge on any atom is 0.123 e. The van der Waals surface area contributed by atoms with Crippen LogP contribution in [0.15, 0.2) is 18.2 Å². The van der Waals surface area contributed by atoms with Gasteiger partial charge in [-0.05, 0) is 24.1 Å². The molecule has 0 bridgehead atoms. The standard InChI is InChI=1S/C13H19NO/c1-9-6-10-7-11(13(2,3)8-14)4-5-12(10)15-9/h4-5,7,9H,6,8,14H2,1-3H3. The van der Waals surface area contributed by atoms with E-state index < -0.39 is 0 Å². The molecule has 2 heteroatoms. The molecule has 2 rings (SSSR count). The zero-order chi connectivity index (χ0) is 11.1. The molecule has 0 amide bonds. The van der Waals surface area contributed by atoms with Crippen LogP contribution in [0.1, 0.15) is 31.9 Å². The summed E-state index contributed by atoms with van der Waals surface area (Å²) in [5.41, 5.74) is 8.46. The van der Waals surface area contributed by atoms with Crippen LogP contribution in [0.3, 0.4) is 0 Å². The molecule has 1 aromatic rings. The molecular weight excluding hydrogens is 186 g/mol. The lowest BCUT2D eigenvalue weighted by Crippen LogP contribution is -2.28. The summed E-state index contributed by atoms with van der Waals surface area (Å²) in [6.07, 6.45) is 1.33. The first-order chi connectivity index (χ1) is 7.03. The highest BCUT2D eigenvalue weighted by molar-refractivity contribution is 5.42. The first-order valence-electron chi connectivity index (χ1n) is 5.53. The molecule has 0 saturated heterocycles. The van der Waals surface area contributed by atoms with Gasteiger partial charge in [0.25, 0.3) is 0 Å². The second-order valence-corrected chi connectivity index (χ2v) is 5.04. The SMILES string of the molecule is CC1Cc2cc(C(C)(C)CN)ccc2O1. The van der Waals surface area contributed by atoms with Crippen molar-refractivity contribution in [2.24, 2.45) is 5.73 Å². The number of fused-ring (bicyclic) bond motifs is 1. The number of rotatable bonds is 2. The largest absolute Gasteiger partial charge is 0.490 e. The molecule has 2 N–H and O–H groups in total. The monoisotopic (exact) mass is 205 g/mol. The van der Waals surface area contributed by atoms with E-state index in [9.17, 15) is 0 Å². The van der Waals surface area contributed by atoms with Gasteiger partial charge in [-0.15, -0.1) is 0 Å². The minimum atomic E-state index is 0.0564. The average molecular weight is 205 g/mol. The highest BCUT2D eigenvalue weighted by Crippen LogP contribution is 2.33. The maximum atomic E-state index is 5.78. The Labute approximate surface area is 91.4 Å². The molecule has 0 aliphatic carbocycles. The predicted octanol–water partition coefficient (Wildman–Crippen LogP) is 2.25. The Balaban J connectivity index is 2.35. The molecule has 2 nitrogen and oxygen atoms in total. The first kappa shape index (κ1) is 10.5. The van der Waals surface area contributed by atoms with Crippen molar-refractivity contribution < 1.29 is 4.74 Å². The van der Waals surface area contributed by atoms with Crippen LogP contribution in [0.2, 0.25) is 0 Å². The predicted molar refractivity (Wildman–Crippen MR) is 62.3 cm³/mol. The van der Waals surface area contributed by atoms with Gasteiger partial charge in [0.15, 0.2) is 0 Å². The molecule has 1 aliphatic rings. The molecule has 0 aromatic heterocycles. The van der Waals surface area contributed by atoms with Crippen molar-refractivity contribution in [3.05, 3.63) is 29.3 Å². The lowest BCUT2D eigenvalue weighted by Gasteiger charge is -2.23. The summed E-state index contributed by atoms with van der Waals surface area (Å²) in [5.74, 6) is 1.04. The highest BCUT2D eigenvalue weighted by atomic mass is 16.5. The van der Waals surface area contributed by atoms with Gasteiger partial charge in [-0.1, -0.05) is 26.0 Å². The van der Waals surface area contributed by atoms with Crippen molar-refractivity contribution in [2.75, 3.05) is 6.54 Å². The molecule has 0 radical (unpaired) electrons. The molecule has 1 aromatic carbocycles. The van der Waals surface area contributed by atoms with Crippen molar-refractivity contribution in [3.8, 4) is 5.75 Å². The third kappa shape index (κ3) is 1.86. The van der Waals surface area contributed by atoms with E-state index in [4.69, 9.17) is 10.5 Å². The Morgan fingerprint density at radius 2 is 2.20 bits per heavy atom. The number of ether oxygens (including phenoxy) is 1. The third-order valence-corrected chi connectivity index (χ3v) is 3.19. The van der Waals surface area contributed by atoms with Gasteiger partial charge < -0.3 is 10.5 Å². The van der Waals surface area contributed by atoms with Crippen molar-refractivity contribution in [3.63, 3.8) is 0 Å². The summed E-state index contributed by atoms with van der Waals surface area (Å²) in [7, 11) is 0. The fourth-order valence-electron chi connectivity index (χ4n) is 1.96. The van der Waals surface area contributed by atoms with Crippen LogP contribution in [-0.2, 0) is 11.8 Å². The topological polar surface area (TPSA) is 35.2 Å². The summed E-state index contributed by atoms with van der Waals surface area (Å²) >= 11 is 0. The molecule has 1 aliphatic heterocycles. The summed E-state index contributed by atoms with van der Waals surface area (Å²) in [6.45, 7) is 7.12. The lowest BCUT2D eigenvalue weighted by atomic mass is 9.84. The number of hydrogen-bond donors (Lipinski definition) is 1. The van der Waals surface area contributed by atoms with Crippen LogP contribution in [0.5, 0.6) is 5.75 Å². The van der Waals surface area contributed by atoms with E-state index in [0.29, 0.717) is 12.6 Å². The third-order valence-electron chi connectivity index (χ3n) is 3.19. The van der Waals surface area contributed by atoms with Gasteiger partial charge in [-0.3, -0.25) is 0 Å². The van der Waals surface area contributed by atoms with Gasteiger partial charge in [0.1, 0.15) is 11.9 Å². The molecule has 15 heavy (non-hydrogen) atoms. The number of benzene rings is 1. The maximum absolute atomic E-state index is 5.78. The van der Waals surface area contributed by atoms with Gasteiger partial charge in [-0.25, -0.2) is 0 Å². The Bertz CT molecular complexity index is 371. The Kier molecular flexibility index (Phi) is 2.47. The minimum absolute atomic E-state index is 0.0564. The molecule has 1 atom stereocenters. The zero-order valence-electron chi connectivity index (χ0n) is 9.71. The van der Waals surface area contributed by atoms with Gasteiger partial charge in [0.2, 0.25) is 0 Å². The highest BCUT2D eigenvalue weighted by Gasteiger charge is 2.23. The van der Waals surface area contributed by atoms with Crippen molar-refractivity contribution in [2.45, 2.75) is 38.7 Å². The molecule has 82 valence electrons. The summed E-state index contributed by atoms with van der Waals surface area (Å²) in [6, 6.07) is 6.45. The second-order valence-electron chi connectivity index (χ2n) is 5.04. The summed E-state index contributed by atoms with van der Waals surface area (Å²) < 4.78 is 5.68. The van der Waals surface area contributed by atoms with Crippen LogP contribution in [-0.4, -0.2) is 12.6 Å². The van der Waals surface area contributed by atoms with Crippen LogP contribution in [0.25, 0.3) is 0 Å². The molecule has 0 saturated carbocycles. The van der Waals surface area contributed by atoms with Gasteiger partial charge in [0, 0.05) is 18.4 Å². The molecule has 1 heterocycles. The van der Waals surface area contributed by atoms with Gasteiger partial charge in [-0.2, -0.15) is 0 Å². The minimum Gasteiger partial charge on any atom is -0.490 e. The average Bonchev–Trinajstić information content (AvgIpc) is 2.56. The van der Waals surface area contributed by atoms with E-state index in [0.717, 1.165) is 12.2 Å². The second kappa shape index (κ2) is 3.53. The molecular formula is C13H19NO. The van der Waals surface area contributed by atoms with Crippen LogP contribution in [0, 0.1) is 0 Å². The van der Waals surface area contributed by atoms with Crippen LogP contribution < -0.4 is 10.5 Å². The van der Waals surface area contributed by atoms with Crippen LogP contribution >= 0.6 is 0 Å². The molecule has 0 fully saturated rings. The van der Waals surface area contributed by atoms with E-state index >= 15 is 0 Å². The van der Waals surface area contributed by atoms with E-state index in [1.165, 1.54) is 11.1 Å². The van der Waals surface area contributed by atoms with Crippen molar-refractivity contribution >= 4 is 0 Å². The van der Waals surface area contributed by atoms with Crippen molar-refractivity contribution in [1.82, 2.24) is 0 Å². The smallest absolute Gasteiger partial charge is 0.123 e. The number of nitrogens with two attached hydrogens (primary N) is 1. The lowest BCUT2D eigenvalue weighted by molar-refractivity contribution is 0.254. The van der Waals surface area contributed by atoms with E-state index in [1.807, 2.05) is 0 Å². The van der Waals surface area contributed by atoms with Crippen molar-refractivity contribution in [1.29, 1.82) is 0 Å². The van der Waals surface area contributed by atoms with Gasteiger partial charge in [0.05, 0.1) is 0 Å². The van der Waals surface area contributed by atoms with E-state index in [2.05, 4.69) is 39.0 Å². The summed E-state index contributed by atoms with van der Waals surface area (Å²) in [4.78, 5) is 0. The Morgan fingerprint density at radius 1 is 1.47 bits per heavy atom. The fraction of sp³-hybridized carbons (Fsp3) is 0.538. The normalized spacial score (nSPS) is 19.9. The zero-order valence-corrected chi connectivity index (χ0v) is 9.71. The quantitative estimate of drug-likeness (QED) is 0.803. The van der Waals surface area contributed by atoms with Crippen LogP contribution in [0.4, 0.5) is 0 Å². The number of hydrogen-bond acceptors (Lipinski definition) is 2. The Morgan fingerprint density at radius 3 is 2.87 bits per heavy atom. The summed E-state index contributed by atoms with van der Waals surface area (Å²) in [5, 5.41) is 0. The van der Waals surface area contributed by atoms with Gasteiger partial charge >= 0.3 is 0 Å².